The third-order valence-electron chi connectivity index (χ3n) is 5.90. The first-order valence-electron chi connectivity index (χ1n) is 11.0. The van der Waals surface area contributed by atoms with Crippen molar-refractivity contribution in [2.75, 3.05) is 12.4 Å². The summed E-state index contributed by atoms with van der Waals surface area (Å²) in [5.74, 6) is 0.243. The van der Waals surface area contributed by atoms with Gasteiger partial charge in [0.2, 0.25) is 5.88 Å². The molecule has 2 unspecified atom stereocenters. The fourth-order valence-electron chi connectivity index (χ4n) is 4.18. The first-order chi connectivity index (χ1) is 16.5. The lowest BCUT2D eigenvalue weighted by atomic mass is 10.0. The number of nitrogens with one attached hydrogen (secondary N) is 1. The SMILES string of the molecule is COc1cc(NC(=O)C2OC2c2cc(C)n(Cc3ccc(Cl)cc3)c2-c2ccccc2)ccn1. The molecule has 34 heavy (non-hydrogen) atoms. The van der Waals surface area contributed by atoms with Crippen LogP contribution in [0.25, 0.3) is 11.3 Å². The molecule has 0 bridgehead atoms. The lowest BCUT2D eigenvalue weighted by Gasteiger charge is -2.14. The van der Waals surface area contributed by atoms with Crippen LogP contribution in [0.5, 0.6) is 5.88 Å². The van der Waals surface area contributed by atoms with E-state index in [9.17, 15) is 4.79 Å². The molecule has 1 amide bonds. The number of epoxide rings is 1. The number of aryl methyl sites for hydroxylation is 1. The molecule has 7 heteroatoms. The Bertz CT molecular complexity index is 1320. The molecule has 1 saturated heterocycles. The molecule has 1 N–H and O–H groups in total. The molecular weight excluding hydrogens is 450 g/mol. The van der Waals surface area contributed by atoms with Crippen molar-refractivity contribution < 1.29 is 14.3 Å². The summed E-state index contributed by atoms with van der Waals surface area (Å²) in [6, 6.07) is 23.6. The van der Waals surface area contributed by atoms with E-state index >= 15 is 0 Å². The minimum absolute atomic E-state index is 0.194. The lowest BCUT2D eigenvalue weighted by Crippen LogP contribution is -2.18. The highest BCUT2D eigenvalue weighted by atomic mass is 35.5. The van der Waals surface area contributed by atoms with E-state index in [0.717, 1.165) is 28.1 Å². The monoisotopic (exact) mass is 473 g/mol. The van der Waals surface area contributed by atoms with Gasteiger partial charge in [-0.3, -0.25) is 4.79 Å². The van der Waals surface area contributed by atoms with Crippen LogP contribution in [0.3, 0.4) is 0 Å². The largest absolute Gasteiger partial charge is 0.481 e. The average molecular weight is 474 g/mol. The fraction of sp³-hybridized carbons (Fsp3) is 0.185. The molecule has 172 valence electrons. The van der Waals surface area contributed by atoms with Gasteiger partial charge in [-0.25, -0.2) is 4.98 Å². The molecule has 2 aromatic heterocycles. The number of rotatable bonds is 7. The number of ether oxygens (including phenoxy) is 2. The van der Waals surface area contributed by atoms with Crippen molar-refractivity contribution in [1.29, 1.82) is 0 Å². The first kappa shape index (κ1) is 22.2. The van der Waals surface area contributed by atoms with Gasteiger partial charge in [0.15, 0.2) is 6.10 Å². The molecule has 0 spiro atoms. The summed E-state index contributed by atoms with van der Waals surface area (Å²) in [6.45, 7) is 2.76. The van der Waals surface area contributed by atoms with Crippen LogP contribution in [0.15, 0.2) is 79.0 Å². The summed E-state index contributed by atoms with van der Waals surface area (Å²) in [4.78, 5) is 17.0. The average Bonchev–Trinajstić information content (AvgIpc) is 3.59. The van der Waals surface area contributed by atoms with E-state index in [4.69, 9.17) is 21.1 Å². The Morgan fingerprint density at radius 2 is 1.88 bits per heavy atom. The van der Waals surface area contributed by atoms with Crippen LogP contribution in [0.4, 0.5) is 5.69 Å². The van der Waals surface area contributed by atoms with E-state index in [2.05, 4.69) is 40.0 Å². The van der Waals surface area contributed by atoms with Crippen molar-refractivity contribution in [3.8, 4) is 17.1 Å². The quantitative estimate of drug-likeness (QED) is 0.352. The number of nitrogens with zero attached hydrogens (tertiary/aromatic N) is 2. The van der Waals surface area contributed by atoms with E-state index in [1.165, 1.54) is 7.11 Å². The molecule has 1 aliphatic heterocycles. The van der Waals surface area contributed by atoms with Gasteiger partial charge in [-0.15, -0.1) is 0 Å². The zero-order valence-electron chi connectivity index (χ0n) is 18.9. The minimum atomic E-state index is -0.563. The number of hydrogen-bond acceptors (Lipinski definition) is 4. The summed E-state index contributed by atoms with van der Waals surface area (Å²) in [6.07, 6.45) is 0.712. The normalized spacial score (nSPS) is 16.8. The molecule has 0 saturated carbocycles. The van der Waals surface area contributed by atoms with E-state index in [1.807, 2.05) is 42.5 Å². The van der Waals surface area contributed by atoms with Crippen LogP contribution in [0, 0.1) is 6.92 Å². The van der Waals surface area contributed by atoms with Crippen molar-refractivity contribution in [2.24, 2.45) is 0 Å². The molecule has 2 atom stereocenters. The number of methoxy groups -OCH3 is 1. The van der Waals surface area contributed by atoms with Crippen LogP contribution in [0.1, 0.15) is 22.9 Å². The Labute approximate surface area is 203 Å². The molecule has 0 radical (unpaired) electrons. The second kappa shape index (κ2) is 9.33. The molecular formula is C27H24ClN3O3. The molecule has 1 aliphatic rings. The van der Waals surface area contributed by atoms with Gasteiger partial charge in [-0.05, 0) is 42.3 Å². The predicted molar refractivity (Wildman–Crippen MR) is 132 cm³/mol. The van der Waals surface area contributed by atoms with Gasteiger partial charge in [0.05, 0.1) is 12.8 Å². The van der Waals surface area contributed by atoms with Gasteiger partial charge in [0.1, 0.15) is 6.10 Å². The number of anilines is 1. The molecule has 4 aromatic rings. The van der Waals surface area contributed by atoms with Gasteiger partial charge >= 0.3 is 0 Å². The standard InChI is InChI=1S/C27H24ClN3O3/c1-17-14-22(25-26(34-25)27(32)30-21-12-13-29-23(15-21)33-2)24(19-6-4-3-5-7-19)31(17)16-18-8-10-20(28)11-9-18/h3-15,25-26H,16H2,1-2H3,(H,29,30,32). The third kappa shape index (κ3) is 4.55. The zero-order chi connectivity index (χ0) is 23.7. The minimum Gasteiger partial charge on any atom is -0.481 e. The highest BCUT2D eigenvalue weighted by Crippen LogP contribution is 2.45. The number of hydrogen-bond donors (Lipinski definition) is 1. The summed E-state index contributed by atoms with van der Waals surface area (Å²) >= 11 is 6.08. The summed E-state index contributed by atoms with van der Waals surface area (Å²) in [5, 5.41) is 3.61. The van der Waals surface area contributed by atoms with Crippen molar-refractivity contribution in [2.45, 2.75) is 25.7 Å². The van der Waals surface area contributed by atoms with Crippen LogP contribution in [0.2, 0.25) is 5.02 Å². The third-order valence-corrected chi connectivity index (χ3v) is 6.15. The topological polar surface area (TPSA) is 68.7 Å². The second-order valence-electron chi connectivity index (χ2n) is 8.22. The van der Waals surface area contributed by atoms with Crippen molar-refractivity contribution in [3.05, 3.63) is 101 Å². The second-order valence-corrected chi connectivity index (χ2v) is 8.66. The van der Waals surface area contributed by atoms with Gasteiger partial charge in [0.25, 0.3) is 5.91 Å². The lowest BCUT2D eigenvalue weighted by molar-refractivity contribution is -0.117. The maximum Gasteiger partial charge on any atom is 0.256 e. The molecule has 2 aromatic carbocycles. The Kier molecular flexibility index (Phi) is 6.09. The molecule has 6 nitrogen and oxygen atoms in total. The number of aromatic nitrogens is 2. The maximum absolute atomic E-state index is 12.9. The van der Waals surface area contributed by atoms with Crippen LogP contribution in [-0.2, 0) is 16.1 Å². The van der Waals surface area contributed by atoms with Crippen LogP contribution in [-0.4, -0.2) is 28.7 Å². The fourth-order valence-corrected chi connectivity index (χ4v) is 4.30. The first-order valence-corrected chi connectivity index (χ1v) is 11.4. The summed E-state index contributed by atoms with van der Waals surface area (Å²) in [5.41, 5.74) is 5.99. The number of amides is 1. The van der Waals surface area contributed by atoms with Crippen molar-refractivity contribution in [1.82, 2.24) is 9.55 Å². The van der Waals surface area contributed by atoms with E-state index in [0.29, 0.717) is 23.1 Å². The van der Waals surface area contributed by atoms with Gasteiger partial charge < -0.3 is 19.4 Å². The number of pyridine rings is 1. The predicted octanol–water partition coefficient (Wildman–Crippen LogP) is 5.65. The molecule has 5 rings (SSSR count). The Hall–Kier alpha value is -3.61. The van der Waals surface area contributed by atoms with Gasteiger partial charge in [-0.2, -0.15) is 0 Å². The van der Waals surface area contributed by atoms with Crippen LogP contribution < -0.4 is 10.1 Å². The number of benzene rings is 2. The van der Waals surface area contributed by atoms with E-state index < -0.39 is 6.10 Å². The molecule has 3 heterocycles. The molecule has 0 aliphatic carbocycles. The van der Waals surface area contributed by atoms with E-state index in [-0.39, 0.29) is 12.0 Å². The number of carbonyl (C=O) groups is 1. The van der Waals surface area contributed by atoms with Crippen molar-refractivity contribution >= 4 is 23.2 Å². The Morgan fingerprint density at radius 3 is 2.62 bits per heavy atom. The zero-order valence-corrected chi connectivity index (χ0v) is 19.6. The smallest absolute Gasteiger partial charge is 0.256 e. The highest BCUT2D eigenvalue weighted by Gasteiger charge is 2.48. The van der Waals surface area contributed by atoms with E-state index in [1.54, 1.807) is 18.3 Å². The maximum atomic E-state index is 12.9. The van der Waals surface area contributed by atoms with Gasteiger partial charge in [-0.1, -0.05) is 54.1 Å². The molecule has 1 fully saturated rings. The van der Waals surface area contributed by atoms with Crippen molar-refractivity contribution in [3.63, 3.8) is 0 Å². The summed E-state index contributed by atoms with van der Waals surface area (Å²) in [7, 11) is 1.54. The number of halogens is 1. The number of carbonyl (C=O) groups excluding carboxylic acids is 1. The Balaban J connectivity index is 1.44. The Morgan fingerprint density at radius 1 is 1.12 bits per heavy atom. The van der Waals surface area contributed by atoms with Crippen LogP contribution >= 0.6 is 11.6 Å². The van der Waals surface area contributed by atoms with Gasteiger partial charge in [0, 0.05) is 40.8 Å². The summed E-state index contributed by atoms with van der Waals surface area (Å²) < 4.78 is 13.3. The highest BCUT2D eigenvalue weighted by molar-refractivity contribution is 6.30.